The Balaban J connectivity index is 2.32. The number of benzene rings is 1. The molecule has 0 aliphatic rings. The van der Waals surface area contributed by atoms with Gasteiger partial charge in [0.05, 0.1) is 0 Å². The van der Waals surface area contributed by atoms with E-state index in [-0.39, 0.29) is 17.1 Å². The van der Waals surface area contributed by atoms with Gasteiger partial charge in [-0.2, -0.15) is 0 Å². The second-order valence-electron chi connectivity index (χ2n) is 5.95. The van der Waals surface area contributed by atoms with Crippen molar-refractivity contribution in [2.45, 2.75) is 58.4 Å². The first-order valence-electron chi connectivity index (χ1n) is 7.48. The summed E-state index contributed by atoms with van der Waals surface area (Å²) < 4.78 is 12.8. The Kier molecular flexibility index (Phi) is 6.86. The molecule has 1 rings (SSSR count). The van der Waals surface area contributed by atoms with Crippen LogP contribution in [0.1, 0.15) is 63.2 Å². The summed E-state index contributed by atoms with van der Waals surface area (Å²) in [4.78, 5) is 11.9. The minimum absolute atomic E-state index is 0.0573. The van der Waals surface area contributed by atoms with E-state index >= 15 is 0 Å². The van der Waals surface area contributed by atoms with E-state index in [0.29, 0.717) is 18.5 Å². The number of carbonyl (C=O) groups is 1. The highest BCUT2D eigenvalue weighted by molar-refractivity contribution is 5.96. The highest BCUT2D eigenvalue weighted by atomic mass is 19.1. The third kappa shape index (κ3) is 6.29. The summed E-state index contributed by atoms with van der Waals surface area (Å²) in [5.41, 5.74) is 0.648. The highest BCUT2D eigenvalue weighted by Crippen LogP contribution is 2.14. The molecular formula is C17H26FNO. The molecule has 20 heavy (non-hydrogen) atoms. The van der Waals surface area contributed by atoms with Crippen LogP contribution < -0.4 is 5.32 Å². The second-order valence-corrected chi connectivity index (χ2v) is 5.95. The lowest BCUT2D eigenvalue weighted by Crippen LogP contribution is -2.40. The van der Waals surface area contributed by atoms with Gasteiger partial charge in [-0.1, -0.05) is 26.2 Å². The van der Waals surface area contributed by atoms with Gasteiger partial charge < -0.3 is 5.32 Å². The molecule has 1 aromatic rings. The molecule has 0 saturated carbocycles. The fraction of sp³-hybridized carbons (Fsp3) is 0.588. The first-order chi connectivity index (χ1) is 9.44. The molecule has 0 amide bonds. The van der Waals surface area contributed by atoms with Gasteiger partial charge in [-0.05, 0) is 44.5 Å². The highest BCUT2D eigenvalue weighted by Gasteiger charge is 2.16. The molecular weight excluding hydrogens is 253 g/mol. The van der Waals surface area contributed by atoms with Gasteiger partial charge in [0.15, 0.2) is 5.78 Å². The number of unbranched alkanes of at least 4 members (excludes halogenated alkanes) is 2. The molecule has 0 aromatic heterocycles. The lowest BCUT2D eigenvalue weighted by Gasteiger charge is -2.26. The van der Waals surface area contributed by atoms with Gasteiger partial charge in [0, 0.05) is 24.1 Å². The predicted octanol–water partition coefficient (Wildman–Crippen LogP) is 4.35. The summed E-state index contributed by atoms with van der Waals surface area (Å²) in [6.45, 7) is 7.20. The molecule has 1 N–H and O–H groups in total. The molecule has 3 heteroatoms. The number of rotatable bonds is 9. The Labute approximate surface area is 121 Å². The van der Waals surface area contributed by atoms with Gasteiger partial charge >= 0.3 is 0 Å². The van der Waals surface area contributed by atoms with Gasteiger partial charge in [-0.25, -0.2) is 4.39 Å². The Morgan fingerprint density at radius 3 is 2.45 bits per heavy atom. The molecule has 0 saturated heterocycles. The summed E-state index contributed by atoms with van der Waals surface area (Å²) >= 11 is 0. The number of ketones is 1. The van der Waals surface area contributed by atoms with Crippen molar-refractivity contribution in [1.29, 1.82) is 0 Å². The zero-order valence-corrected chi connectivity index (χ0v) is 12.8. The summed E-state index contributed by atoms with van der Waals surface area (Å²) in [5, 5.41) is 3.44. The van der Waals surface area contributed by atoms with Crippen LogP contribution in [0.4, 0.5) is 4.39 Å². The smallest absolute Gasteiger partial charge is 0.164 e. The second kappa shape index (κ2) is 8.15. The third-order valence-corrected chi connectivity index (χ3v) is 3.53. The third-order valence-electron chi connectivity index (χ3n) is 3.53. The van der Waals surface area contributed by atoms with E-state index in [0.717, 1.165) is 6.42 Å². The molecule has 112 valence electrons. The normalized spacial score (nSPS) is 11.6. The zero-order valence-electron chi connectivity index (χ0n) is 12.8. The Hall–Kier alpha value is -1.22. The van der Waals surface area contributed by atoms with Gasteiger partial charge in [0.1, 0.15) is 5.82 Å². The van der Waals surface area contributed by atoms with Crippen molar-refractivity contribution in [1.82, 2.24) is 5.32 Å². The molecule has 0 unspecified atom stereocenters. The van der Waals surface area contributed by atoms with Crippen molar-refractivity contribution < 1.29 is 9.18 Å². The van der Waals surface area contributed by atoms with Crippen LogP contribution in [-0.4, -0.2) is 17.9 Å². The quantitative estimate of drug-likeness (QED) is 0.538. The van der Waals surface area contributed by atoms with Crippen molar-refractivity contribution >= 4 is 5.78 Å². The fourth-order valence-corrected chi connectivity index (χ4v) is 2.20. The van der Waals surface area contributed by atoms with Crippen LogP contribution in [0.15, 0.2) is 24.3 Å². The average Bonchev–Trinajstić information content (AvgIpc) is 2.39. The van der Waals surface area contributed by atoms with Crippen molar-refractivity contribution in [3.05, 3.63) is 35.6 Å². The van der Waals surface area contributed by atoms with E-state index in [1.807, 2.05) is 0 Å². The lowest BCUT2D eigenvalue weighted by atomic mass is 9.96. The van der Waals surface area contributed by atoms with E-state index < -0.39 is 0 Å². The average molecular weight is 279 g/mol. The summed E-state index contributed by atoms with van der Waals surface area (Å²) in [7, 11) is 0. The van der Waals surface area contributed by atoms with Gasteiger partial charge in [0.2, 0.25) is 0 Å². The molecule has 0 fully saturated rings. The molecule has 0 heterocycles. The number of Topliss-reactive ketones (excluding diaryl/α,β-unsaturated/α-hetero) is 1. The molecule has 0 bridgehead atoms. The molecule has 0 aliphatic heterocycles. The van der Waals surface area contributed by atoms with E-state index in [4.69, 9.17) is 0 Å². The summed E-state index contributed by atoms with van der Waals surface area (Å²) in [6.07, 6.45) is 5.25. The fourth-order valence-electron chi connectivity index (χ4n) is 2.20. The number of halogens is 1. The van der Waals surface area contributed by atoms with Gasteiger partial charge in [-0.3, -0.25) is 4.79 Å². The van der Waals surface area contributed by atoms with Gasteiger partial charge in [0.25, 0.3) is 0 Å². The maximum absolute atomic E-state index is 12.8. The van der Waals surface area contributed by atoms with Crippen molar-refractivity contribution in [3.8, 4) is 0 Å². The van der Waals surface area contributed by atoms with E-state index in [1.165, 1.54) is 31.4 Å². The topological polar surface area (TPSA) is 29.1 Å². The SMILES string of the molecule is CCCCCC(C)(C)NCCC(=O)c1ccc(F)cc1. The zero-order chi connectivity index (χ0) is 15.0. The van der Waals surface area contributed by atoms with Crippen LogP contribution in [0, 0.1) is 5.82 Å². The van der Waals surface area contributed by atoms with E-state index in [9.17, 15) is 9.18 Å². The standard InChI is InChI=1S/C17H26FNO/c1-4-5-6-12-17(2,3)19-13-11-16(20)14-7-9-15(18)10-8-14/h7-10,19H,4-6,11-13H2,1-3H3. The monoisotopic (exact) mass is 279 g/mol. The molecule has 0 atom stereocenters. The maximum atomic E-state index is 12.8. The van der Waals surface area contributed by atoms with Crippen molar-refractivity contribution in [2.75, 3.05) is 6.54 Å². The van der Waals surface area contributed by atoms with Crippen molar-refractivity contribution in [2.24, 2.45) is 0 Å². The van der Waals surface area contributed by atoms with E-state index in [2.05, 4.69) is 26.1 Å². The number of carbonyl (C=O) groups excluding carboxylic acids is 1. The first kappa shape index (κ1) is 16.8. The number of hydrogen-bond acceptors (Lipinski definition) is 2. The molecule has 2 nitrogen and oxygen atoms in total. The minimum atomic E-state index is -0.309. The molecule has 1 aromatic carbocycles. The molecule has 0 aliphatic carbocycles. The summed E-state index contributed by atoms with van der Waals surface area (Å²) in [6, 6.07) is 5.75. The summed E-state index contributed by atoms with van der Waals surface area (Å²) in [5.74, 6) is -0.251. The van der Waals surface area contributed by atoms with Gasteiger partial charge in [-0.15, -0.1) is 0 Å². The largest absolute Gasteiger partial charge is 0.311 e. The minimum Gasteiger partial charge on any atom is -0.311 e. The Morgan fingerprint density at radius 1 is 1.20 bits per heavy atom. The lowest BCUT2D eigenvalue weighted by molar-refractivity contribution is 0.0979. The number of hydrogen-bond donors (Lipinski definition) is 1. The van der Waals surface area contributed by atoms with Crippen LogP contribution in [0.5, 0.6) is 0 Å². The van der Waals surface area contributed by atoms with Crippen LogP contribution in [0.3, 0.4) is 0 Å². The van der Waals surface area contributed by atoms with E-state index in [1.54, 1.807) is 12.1 Å². The molecule has 0 radical (unpaired) electrons. The van der Waals surface area contributed by atoms with Crippen LogP contribution in [0.25, 0.3) is 0 Å². The van der Waals surface area contributed by atoms with Crippen LogP contribution in [0.2, 0.25) is 0 Å². The van der Waals surface area contributed by atoms with Crippen molar-refractivity contribution in [3.63, 3.8) is 0 Å². The first-order valence-corrected chi connectivity index (χ1v) is 7.48. The number of nitrogens with one attached hydrogen (secondary N) is 1. The Bertz CT molecular complexity index is 412. The van der Waals surface area contributed by atoms with Crippen LogP contribution >= 0.6 is 0 Å². The predicted molar refractivity (Wildman–Crippen MR) is 81.6 cm³/mol. The maximum Gasteiger partial charge on any atom is 0.164 e. The van der Waals surface area contributed by atoms with Crippen LogP contribution in [-0.2, 0) is 0 Å². The molecule has 0 spiro atoms. The Morgan fingerprint density at radius 2 is 1.85 bits per heavy atom.